The van der Waals surface area contributed by atoms with Crippen LogP contribution in [0.1, 0.15) is 46.3 Å². The predicted octanol–water partition coefficient (Wildman–Crippen LogP) is 6.86. The van der Waals surface area contributed by atoms with Crippen LogP contribution in [0.15, 0.2) is 47.6 Å². The maximum atomic E-state index is 12.5. The van der Waals surface area contributed by atoms with Crippen LogP contribution in [0.25, 0.3) is 10.4 Å². The Labute approximate surface area is 192 Å². The van der Waals surface area contributed by atoms with Crippen LogP contribution < -0.4 is 4.74 Å². The van der Waals surface area contributed by atoms with Gasteiger partial charge in [-0.05, 0) is 66.5 Å². The lowest BCUT2D eigenvalue weighted by Gasteiger charge is -2.16. The fraction of sp³-hybridized carbons (Fsp3) is 0.292. The van der Waals surface area contributed by atoms with E-state index < -0.39 is 0 Å². The summed E-state index contributed by atoms with van der Waals surface area (Å²) in [5.41, 5.74) is 4.73. The van der Waals surface area contributed by atoms with E-state index in [0.29, 0.717) is 28.6 Å². The van der Waals surface area contributed by atoms with Gasteiger partial charge in [0.1, 0.15) is 18.0 Å². The van der Waals surface area contributed by atoms with Crippen LogP contribution in [-0.2, 0) is 4.84 Å². The van der Waals surface area contributed by atoms with Gasteiger partial charge in [-0.25, -0.2) is 4.85 Å². The van der Waals surface area contributed by atoms with Crippen LogP contribution in [0.4, 0.5) is 5.69 Å². The second-order valence-corrected chi connectivity index (χ2v) is 7.90. The Hall–Kier alpha value is -2.75. The molecule has 0 radical (unpaired) electrons. The van der Waals surface area contributed by atoms with Crippen molar-refractivity contribution in [2.75, 3.05) is 20.5 Å². The lowest BCUT2D eigenvalue weighted by atomic mass is 9.93. The van der Waals surface area contributed by atoms with Crippen molar-refractivity contribution >= 4 is 44.9 Å². The van der Waals surface area contributed by atoms with Gasteiger partial charge >= 0.3 is 0 Å². The summed E-state index contributed by atoms with van der Waals surface area (Å²) in [6.07, 6.45) is 5.98. The number of carbonyl (C=O) groups excluding carboxylic acids is 1. The fourth-order valence-electron chi connectivity index (χ4n) is 3.25. The van der Waals surface area contributed by atoms with Crippen molar-refractivity contribution in [1.29, 1.82) is 0 Å². The minimum atomic E-state index is -0.0568. The highest BCUT2D eigenvalue weighted by atomic mass is 35.5. The van der Waals surface area contributed by atoms with Gasteiger partial charge in [0.05, 0.1) is 19.2 Å². The summed E-state index contributed by atoms with van der Waals surface area (Å²) < 4.78 is 5.49. The molecule has 0 aromatic heterocycles. The molecular weight excluding hydrogens is 432 g/mol. The van der Waals surface area contributed by atoms with Gasteiger partial charge in [0.15, 0.2) is 5.69 Å². The van der Waals surface area contributed by atoms with E-state index >= 15 is 0 Å². The molecule has 0 saturated carbocycles. The summed E-state index contributed by atoms with van der Waals surface area (Å²) in [5, 5.41) is 4.09. The van der Waals surface area contributed by atoms with Crippen molar-refractivity contribution in [1.82, 2.24) is 0 Å². The van der Waals surface area contributed by atoms with Crippen molar-refractivity contribution in [3.63, 3.8) is 0 Å². The molecule has 0 aliphatic carbocycles. The number of ether oxygens (including phenoxy) is 1. The van der Waals surface area contributed by atoms with Gasteiger partial charge in [0.2, 0.25) is 5.12 Å². The van der Waals surface area contributed by atoms with Crippen molar-refractivity contribution < 1.29 is 14.4 Å². The Morgan fingerprint density at radius 3 is 2.68 bits per heavy atom. The van der Waals surface area contributed by atoms with E-state index in [0.717, 1.165) is 46.9 Å². The van der Waals surface area contributed by atoms with Crippen LogP contribution >= 0.6 is 23.4 Å². The summed E-state index contributed by atoms with van der Waals surface area (Å²) in [6.45, 7) is 9.27. The van der Waals surface area contributed by atoms with E-state index in [9.17, 15) is 4.79 Å². The van der Waals surface area contributed by atoms with Gasteiger partial charge in [-0.15, -0.1) is 0 Å². The molecule has 0 N–H and O–H groups in total. The zero-order valence-corrected chi connectivity index (χ0v) is 19.6. The van der Waals surface area contributed by atoms with Crippen molar-refractivity contribution in [2.45, 2.75) is 26.2 Å². The number of allylic oxidation sites excluding steroid dienone is 1. The number of halogens is 1. The molecule has 0 saturated heterocycles. The van der Waals surface area contributed by atoms with Crippen molar-refractivity contribution in [2.24, 2.45) is 5.16 Å². The maximum Gasteiger partial charge on any atom is 0.222 e. The third-order valence-corrected chi connectivity index (χ3v) is 5.46. The van der Waals surface area contributed by atoms with Crippen LogP contribution in [0.5, 0.6) is 5.75 Å². The number of benzene rings is 2. The van der Waals surface area contributed by atoms with Crippen molar-refractivity contribution in [3.05, 3.63) is 76.1 Å². The normalized spacial score (nSPS) is 11.7. The summed E-state index contributed by atoms with van der Waals surface area (Å²) in [6, 6.07) is 11.3. The van der Waals surface area contributed by atoms with E-state index in [-0.39, 0.29) is 5.12 Å². The van der Waals surface area contributed by atoms with E-state index in [1.807, 2.05) is 37.3 Å². The molecule has 0 unspecified atom stereocenters. The zero-order valence-electron chi connectivity index (χ0n) is 18.1. The lowest BCUT2D eigenvalue weighted by Crippen LogP contribution is -2.02. The molecule has 7 heteroatoms. The lowest BCUT2D eigenvalue weighted by molar-refractivity contribution is 0.108. The first-order chi connectivity index (χ1) is 14.9. The second-order valence-electron chi connectivity index (χ2n) is 6.69. The number of hydrogen-bond donors (Lipinski definition) is 0. The van der Waals surface area contributed by atoms with Gasteiger partial charge in [0.25, 0.3) is 0 Å². The number of rotatable bonds is 9. The topological polar surface area (TPSA) is 52.2 Å². The first-order valence-electron chi connectivity index (χ1n) is 9.66. The number of hydrogen-bond acceptors (Lipinski definition) is 5. The average molecular weight is 457 g/mol. The highest BCUT2D eigenvalue weighted by molar-refractivity contribution is 8.13. The van der Waals surface area contributed by atoms with Crippen LogP contribution in [0, 0.1) is 13.5 Å². The Morgan fingerprint density at radius 1 is 1.26 bits per heavy atom. The minimum absolute atomic E-state index is 0.0568. The number of aryl methyl sites for hydroxylation is 1. The number of oxime groups is 1. The van der Waals surface area contributed by atoms with Gasteiger partial charge in [-0.1, -0.05) is 52.8 Å². The maximum absolute atomic E-state index is 12.5. The molecule has 0 aliphatic rings. The molecule has 2 aromatic carbocycles. The standard InChI is InChI=1S/C24H25ClN2O3S/c1-16-13-18(15-21(23(16)29-3)24(28)31-5)20(11-6-7-12-22(25)27-30-4)17-9-8-10-19(14-17)26-2/h8-11,13-15H,6-7,12H2,1,3-5H3/b20-11-,27-22-. The first-order valence-corrected chi connectivity index (χ1v) is 11.3. The molecule has 0 heterocycles. The molecule has 0 bridgehead atoms. The van der Waals surface area contributed by atoms with Crippen LogP contribution in [-0.4, -0.2) is 30.8 Å². The summed E-state index contributed by atoms with van der Waals surface area (Å²) in [4.78, 5) is 20.8. The third-order valence-electron chi connectivity index (χ3n) is 4.61. The molecule has 0 fully saturated rings. The van der Waals surface area contributed by atoms with Crippen molar-refractivity contribution in [3.8, 4) is 5.75 Å². The van der Waals surface area contributed by atoms with E-state index in [1.54, 1.807) is 19.4 Å². The number of unbranched alkanes of at least 4 members (excludes halogenated alkanes) is 1. The molecule has 162 valence electrons. The third kappa shape index (κ3) is 6.61. The number of nitrogens with zero attached hydrogens (tertiary/aromatic N) is 2. The fourth-order valence-corrected chi connectivity index (χ4v) is 3.82. The Bertz CT molecular complexity index is 1040. The van der Waals surface area contributed by atoms with E-state index in [4.69, 9.17) is 27.7 Å². The monoisotopic (exact) mass is 456 g/mol. The molecular formula is C24H25ClN2O3S. The highest BCUT2D eigenvalue weighted by Crippen LogP contribution is 2.34. The molecule has 2 rings (SSSR count). The molecule has 0 spiro atoms. The number of thioether (sulfide) groups is 1. The largest absolute Gasteiger partial charge is 0.496 e. The highest BCUT2D eigenvalue weighted by Gasteiger charge is 2.17. The Balaban J connectivity index is 2.53. The van der Waals surface area contributed by atoms with E-state index in [2.05, 4.69) is 16.1 Å². The number of carbonyl (C=O) groups is 1. The van der Waals surface area contributed by atoms with Gasteiger partial charge in [0, 0.05) is 6.42 Å². The molecule has 5 nitrogen and oxygen atoms in total. The molecule has 31 heavy (non-hydrogen) atoms. The number of methoxy groups -OCH3 is 1. The summed E-state index contributed by atoms with van der Waals surface area (Å²) in [5.74, 6) is 0.583. The second kappa shape index (κ2) is 12.2. The average Bonchev–Trinajstić information content (AvgIpc) is 2.78. The van der Waals surface area contributed by atoms with Gasteiger partial charge in [-0.2, -0.15) is 0 Å². The molecule has 2 aromatic rings. The first kappa shape index (κ1) is 24.5. The van der Waals surface area contributed by atoms with Crippen LogP contribution in [0.2, 0.25) is 0 Å². The van der Waals surface area contributed by atoms with E-state index in [1.165, 1.54) is 7.11 Å². The Morgan fingerprint density at radius 2 is 2.03 bits per heavy atom. The minimum Gasteiger partial charge on any atom is -0.496 e. The molecule has 0 atom stereocenters. The molecule has 0 aliphatic heterocycles. The van der Waals surface area contributed by atoms with Gasteiger partial charge < -0.3 is 9.57 Å². The summed E-state index contributed by atoms with van der Waals surface area (Å²) >= 11 is 7.16. The molecule has 0 amide bonds. The zero-order chi connectivity index (χ0) is 22.8. The predicted molar refractivity (Wildman–Crippen MR) is 130 cm³/mol. The van der Waals surface area contributed by atoms with Crippen LogP contribution in [0.3, 0.4) is 0 Å². The Kier molecular flexibility index (Phi) is 9.64. The SMILES string of the molecule is [C-]#[N+]c1cccc(/C(=C/CCC/C(Cl)=N/OC)c2cc(C)c(OC)c(C(=O)SC)c2)c1. The van der Waals surface area contributed by atoms with Gasteiger partial charge in [-0.3, -0.25) is 4.79 Å². The smallest absolute Gasteiger partial charge is 0.222 e. The summed E-state index contributed by atoms with van der Waals surface area (Å²) in [7, 11) is 3.03. The quantitative estimate of drug-likeness (QED) is 0.179.